The SMILES string of the molecule is [2H]C([2H])([2H])N1C([2H])([2H])C([2H])([2H])N(c2ccc(B3OC(C)(C)C(C)(C)O3)cc2C)C([2H])([2H])C1([2H])[2H]. The van der Waals surface area contributed by atoms with Crippen LogP contribution in [0.2, 0.25) is 0 Å². The lowest BCUT2D eigenvalue weighted by Crippen LogP contribution is -2.45. The van der Waals surface area contributed by atoms with Crippen molar-refractivity contribution in [3.8, 4) is 0 Å². The van der Waals surface area contributed by atoms with Crippen LogP contribution in [0, 0.1) is 6.92 Å². The van der Waals surface area contributed by atoms with Gasteiger partial charge in [0.05, 0.1) is 16.7 Å². The molecule has 2 fully saturated rings. The van der Waals surface area contributed by atoms with Gasteiger partial charge in [0.15, 0.2) is 0 Å². The molecular weight excluding hydrogens is 287 g/mol. The Kier molecular flexibility index (Phi) is 1.99. The third-order valence-electron chi connectivity index (χ3n) is 4.53. The van der Waals surface area contributed by atoms with Crippen molar-refractivity contribution in [2.24, 2.45) is 0 Å². The van der Waals surface area contributed by atoms with E-state index in [1.807, 2.05) is 27.7 Å². The van der Waals surface area contributed by atoms with E-state index in [4.69, 9.17) is 24.4 Å². The summed E-state index contributed by atoms with van der Waals surface area (Å²) in [5.74, 6) is 0. The number of aryl methyl sites for hydroxylation is 1. The van der Waals surface area contributed by atoms with E-state index < -0.39 is 51.3 Å². The number of hydrogen-bond acceptors (Lipinski definition) is 4. The molecule has 0 aliphatic carbocycles. The third-order valence-corrected chi connectivity index (χ3v) is 4.53. The second-order valence-electron chi connectivity index (χ2n) is 6.75. The smallest absolute Gasteiger partial charge is 0.399 e. The molecule has 0 saturated carbocycles. The Labute approximate surface area is 156 Å². The molecule has 1 aromatic carbocycles. The van der Waals surface area contributed by atoms with Gasteiger partial charge in [0, 0.05) is 41.3 Å². The van der Waals surface area contributed by atoms with Crippen LogP contribution in [0.15, 0.2) is 18.2 Å². The summed E-state index contributed by atoms with van der Waals surface area (Å²) in [7, 11) is -0.753. The van der Waals surface area contributed by atoms with Crippen molar-refractivity contribution in [3.05, 3.63) is 23.8 Å². The predicted molar refractivity (Wildman–Crippen MR) is 96.6 cm³/mol. The number of nitrogens with zero attached hydrogens (tertiary/aromatic N) is 2. The number of piperazine rings is 1. The molecule has 2 aliphatic rings. The van der Waals surface area contributed by atoms with Gasteiger partial charge in [-0.05, 0) is 58.7 Å². The summed E-state index contributed by atoms with van der Waals surface area (Å²) in [6, 6.07) is 4.42. The van der Waals surface area contributed by atoms with Crippen molar-refractivity contribution in [2.45, 2.75) is 45.8 Å². The first kappa shape index (κ1) is 7.90. The van der Waals surface area contributed by atoms with E-state index in [2.05, 4.69) is 0 Å². The van der Waals surface area contributed by atoms with Crippen LogP contribution in [0.4, 0.5) is 5.69 Å². The minimum atomic E-state index is -3.45. The first-order valence-electron chi connectivity index (χ1n) is 13.0. The summed E-state index contributed by atoms with van der Waals surface area (Å²) in [6.07, 6.45) is 0. The van der Waals surface area contributed by atoms with Crippen molar-refractivity contribution in [3.63, 3.8) is 0 Å². The van der Waals surface area contributed by atoms with Gasteiger partial charge in [-0.25, -0.2) is 0 Å². The molecule has 4 nitrogen and oxygen atoms in total. The van der Waals surface area contributed by atoms with E-state index in [0.29, 0.717) is 15.9 Å². The van der Waals surface area contributed by atoms with E-state index in [1.54, 1.807) is 6.07 Å². The van der Waals surface area contributed by atoms with Gasteiger partial charge in [-0.2, -0.15) is 0 Å². The average molecular weight is 327 g/mol. The zero-order valence-electron chi connectivity index (χ0n) is 25.0. The van der Waals surface area contributed by atoms with Gasteiger partial charge in [0.25, 0.3) is 0 Å². The molecule has 23 heavy (non-hydrogen) atoms. The molecule has 0 atom stereocenters. The van der Waals surface area contributed by atoms with Crippen molar-refractivity contribution >= 4 is 18.3 Å². The Bertz CT molecular complexity index is 937. The van der Waals surface area contributed by atoms with Crippen LogP contribution in [-0.2, 0) is 9.31 Å². The third kappa shape index (κ3) is 3.15. The fraction of sp³-hybridized carbons (Fsp3) is 0.667. The second-order valence-corrected chi connectivity index (χ2v) is 6.75. The number of hydrogen-bond donors (Lipinski definition) is 0. The zero-order chi connectivity index (χ0) is 26.5. The van der Waals surface area contributed by atoms with Crippen molar-refractivity contribution < 1.29 is 24.4 Å². The molecule has 3 rings (SSSR count). The highest BCUT2D eigenvalue weighted by Gasteiger charge is 2.51. The first-order valence-corrected chi connectivity index (χ1v) is 7.50. The van der Waals surface area contributed by atoms with E-state index >= 15 is 0 Å². The largest absolute Gasteiger partial charge is 0.494 e. The molecule has 1 aromatic rings. The molecule has 126 valence electrons. The van der Waals surface area contributed by atoms with Crippen LogP contribution in [0.25, 0.3) is 0 Å². The van der Waals surface area contributed by atoms with Crippen molar-refractivity contribution in [2.75, 3.05) is 37.9 Å². The monoisotopic (exact) mass is 327 g/mol. The summed E-state index contributed by atoms with van der Waals surface area (Å²) in [5, 5.41) is 0. The molecule has 2 heterocycles. The fourth-order valence-corrected chi connectivity index (χ4v) is 2.43. The van der Waals surface area contributed by atoms with Gasteiger partial charge in [0.2, 0.25) is 0 Å². The van der Waals surface area contributed by atoms with Gasteiger partial charge < -0.3 is 19.1 Å². The van der Waals surface area contributed by atoms with Crippen LogP contribution in [0.5, 0.6) is 0 Å². The van der Waals surface area contributed by atoms with Gasteiger partial charge >= 0.3 is 7.12 Å². The topological polar surface area (TPSA) is 24.9 Å². The van der Waals surface area contributed by atoms with E-state index in [1.165, 1.54) is 19.1 Å². The Hall–Kier alpha value is -1.04. The number of likely N-dealkylation sites (N-methyl/N-ethyl adjacent to an activating group) is 1. The van der Waals surface area contributed by atoms with Crippen LogP contribution in [0.3, 0.4) is 0 Å². The van der Waals surface area contributed by atoms with E-state index in [-0.39, 0.29) is 10.6 Å². The van der Waals surface area contributed by atoms with Crippen LogP contribution in [-0.4, -0.2) is 56.2 Å². The minimum absolute atomic E-state index is 0.131. The Morgan fingerprint density at radius 2 is 1.70 bits per heavy atom. The van der Waals surface area contributed by atoms with Crippen LogP contribution < -0.4 is 10.4 Å². The predicted octanol–water partition coefficient (Wildman–Crippen LogP) is 2.05. The highest BCUT2D eigenvalue weighted by Crippen LogP contribution is 2.36. The molecule has 0 bridgehead atoms. The number of anilines is 1. The molecule has 0 N–H and O–H groups in total. The van der Waals surface area contributed by atoms with Crippen molar-refractivity contribution in [1.29, 1.82) is 0 Å². The summed E-state index contributed by atoms with van der Waals surface area (Å²) < 4.78 is 102. The average Bonchev–Trinajstić information content (AvgIpc) is 2.80. The molecule has 0 spiro atoms. The molecular formula is C18H29BN2O2. The summed E-state index contributed by atoms with van der Waals surface area (Å²) in [5.41, 5.74) is -0.497. The lowest BCUT2D eigenvalue weighted by atomic mass is 9.78. The molecule has 0 unspecified atom stereocenters. The molecule has 0 aromatic heterocycles. The highest BCUT2D eigenvalue weighted by atomic mass is 16.7. The summed E-state index contributed by atoms with van der Waals surface area (Å²) >= 11 is 0. The highest BCUT2D eigenvalue weighted by molar-refractivity contribution is 6.62. The zero-order valence-corrected chi connectivity index (χ0v) is 14.0. The molecule has 2 saturated heterocycles. The molecule has 0 amide bonds. The quantitative estimate of drug-likeness (QED) is 0.776. The Balaban J connectivity index is 2.13. The Morgan fingerprint density at radius 1 is 1.09 bits per heavy atom. The second kappa shape index (κ2) is 5.80. The lowest BCUT2D eigenvalue weighted by molar-refractivity contribution is 0.00578. The standard InChI is InChI=1S/C18H29BN2O2/c1-14-13-15(19-22-17(2,3)18(4,5)23-19)7-8-16(14)21-11-9-20(6)10-12-21/h7-8,13H,9-12H2,1-6H3/i6D3,9D2,10D2,11D2,12D2. The maximum Gasteiger partial charge on any atom is 0.494 e. The first-order chi connectivity index (χ1) is 14.9. The van der Waals surface area contributed by atoms with Gasteiger partial charge in [-0.1, -0.05) is 12.1 Å². The van der Waals surface area contributed by atoms with Gasteiger partial charge in [-0.3, -0.25) is 0 Å². The van der Waals surface area contributed by atoms with E-state index in [9.17, 15) is 0 Å². The summed E-state index contributed by atoms with van der Waals surface area (Å²) in [4.78, 5) is 0.0170. The summed E-state index contributed by atoms with van der Waals surface area (Å²) in [6.45, 7) is -7.78. The van der Waals surface area contributed by atoms with Crippen LogP contribution in [0.1, 0.15) is 48.3 Å². The molecule has 5 heteroatoms. The van der Waals surface area contributed by atoms with Crippen LogP contribution >= 0.6 is 0 Å². The van der Waals surface area contributed by atoms with Crippen molar-refractivity contribution in [1.82, 2.24) is 4.90 Å². The fourth-order valence-electron chi connectivity index (χ4n) is 2.43. The van der Waals surface area contributed by atoms with Gasteiger partial charge in [0.1, 0.15) is 0 Å². The van der Waals surface area contributed by atoms with Gasteiger partial charge in [-0.15, -0.1) is 0 Å². The normalized spacial score (nSPS) is 40.7. The Morgan fingerprint density at radius 3 is 2.22 bits per heavy atom. The maximum atomic E-state index is 8.46. The minimum Gasteiger partial charge on any atom is -0.399 e. The van der Waals surface area contributed by atoms with E-state index in [0.717, 1.165) is 0 Å². The molecule has 0 radical (unpaired) electrons. The molecule has 2 aliphatic heterocycles. The number of benzene rings is 1. The lowest BCUT2D eigenvalue weighted by Gasteiger charge is -2.35. The number of rotatable bonds is 2. The maximum absolute atomic E-state index is 8.46.